The molecule has 1 aromatic carbocycles. The number of nitrogens with one attached hydrogen (secondary N) is 1. The fourth-order valence-electron chi connectivity index (χ4n) is 1.93. The largest absolute Gasteiger partial charge is 0.306 e. The van der Waals surface area contributed by atoms with Crippen LogP contribution < -0.4 is 5.32 Å². The number of halogens is 3. The van der Waals surface area contributed by atoms with Crippen molar-refractivity contribution in [1.82, 2.24) is 5.32 Å². The molecule has 0 bridgehead atoms. The van der Waals surface area contributed by atoms with E-state index in [1.165, 1.54) is 16.0 Å². The molecule has 102 valence electrons. The van der Waals surface area contributed by atoms with E-state index in [1.807, 2.05) is 0 Å². The van der Waals surface area contributed by atoms with Crippen molar-refractivity contribution in [2.24, 2.45) is 0 Å². The lowest BCUT2D eigenvalue weighted by molar-refractivity contribution is 0.637. The van der Waals surface area contributed by atoms with Crippen molar-refractivity contribution in [3.63, 3.8) is 0 Å². The zero-order valence-electron chi connectivity index (χ0n) is 10.6. The van der Waals surface area contributed by atoms with Crippen LogP contribution in [-0.4, -0.2) is 6.54 Å². The number of thiophene rings is 1. The van der Waals surface area contributed by atoms with Crippen LogP contribution in [0.5, 0.6) is 0 Å². The van der Waals surface area contributed by atoms with Gasteiger partial charge in [0.2, 0.25) is 0 Å². The molecule has 2 rings (SSSR count). The van der Waals surface area contributed by atoms with E-state index in [0.717, 1.165) is 19.3 Å². The van der Waals surface area contributed by atoms with Crippen molar-refractivity contribution in [1.29, 1.82) is 0 Å². The highest BCUT2D eigenvalue weighted by Gasteiger charge is 2.18. The van der Waals surface area contributed by atoms with Crippen LogP contribution in [0.4, 0.5) is 0 Å². The van der Waals surface area contributed by atoms with E-state index in [-0.39, 0.29) is 6.04 Å². The van der Waals surface area contributed by atoms with Crippen LogP contribution in [-0.2, 0) is 0 Å². The number of hydrogen-bond acceptors (Lipinski definition) is 2. The second-order valence-electron chi connectivity index (χ2n) is 4.26. The number of rotatable bonds is 4. The Morgan fingerprint density at radius 2 is 1.89 bits per heavy atom. The Labute approximate surface area is 143 Å². The topological polar surface area (TPSA) is 12.0 Å². The lowest BCUT2D eigenvalue weighted by Gasteiger charge is -2.19. The SMILES string of the molecule is CCNC(c1ccc(Br)s1)c1cc(Br)c(C)cc1Br. The van der Waals surface area contributed by atoms with Crippen molar-refractivity contribution < 1.29 is 0 Å². The number of aryl methyl sites for hydroxylation is 1. The zero-order valence-corrected chi connectivity index (χ0v) is 16.2. The van der Waals surface area contributed by atoms with E-state index >= 15 is 0 Å². The summed E-state index contributed by atoms with van der Waals surface area (Å²) in [5, 5.41) is 3.55. The minimum Gasteiger partial charge on any atom is -0.306 e. The quantitative estimate of drug-likeness (QED) is 0.577. The fraction of sp³-hybridized carbons (Fsp3) is 0.286. The first kappa shape index (κ1) is 15.7. The molecule has 0 aliphatic heterocycles. The van der Waals surface area contributed by atoms with Crippen molar-refractivity contribution in [3.05, 3.63) is 53.0 Å². The molecule has 0 saturated carbocycles. The van der Waals surface area contributed by atoms with E-state index in [4.69, 9.17) is 0 Å². The molecule has 1 aromatic heterocycles. The van der Waals surface area contributed by atoms with Gasteiger partial charge in [0, 0.05) is 13.8 Å². The molecule has 2 aromatic rings. The van der Waals surface area contributed by atoms with Gasteiger partial charge in [0.05, 0.1) is 9.83 Å². The molecule has 0 aliphatic rings. The average molecular weight is 468 g/mol. The Kier molecular flexibility index (Phi) is 5.66. The highest BCUT2D eigenvalue weighted by Crippen LogP contribution is 2.36. The Balaban J connectivity index is 2.47. The van der Waals surface area contributed by atoms with Crippen LogP contribution in [0, 0.1) is 6.92 Å². The van der Waals surface area contributed by atoms with Gasteiger partial charge >= 0.3 is 0 Å². The molecule has 1 heterocycles. The third kappa shape index (κ3) is 3.70. The van der Waals surface area contributed by atoms with Gasteiger partial charge in [-0.1, -0.05) is 38.8 Å². The molecule has 0 radical (unpaired) electrons. The van der Waals surface area contributed by atoms with E-state index < -0.39 is 0 Å². The molecule has 5 heteroatoms. The van der Waals surface area contributed by atoms with Gasteiger partial charge < -0.3 is 5.32 Å². The maximum atomic E-state index is 3.69. The second-order valence-corrected chi connectivity index (χ2v) is 8.46. The fourth-order valence-corrected chi connectivity index (χ4v) is 4.50. The van der Waals surface area contributed by atoms with Gasteiger partial charge in [-0.15, -0.1) is 11.3 Å². The van der Waals surface area contributed by atoms with Crippen molar-refractivity contribution in [2.45, 2.75) is 19.9 Å². The van der Waals surface area contributed by atoms with E-state index in [9.17, 15) is 0 Å². The Morgan fingerprint density at radius 3 is 2.47 bits per heavy atom. The maximum Gasteiger partial charge on any atom is 0.0702 e. The smallest absolute Gasteiger partial charge is 0.0702 e. The molecule has 0 fully saturated rings. The predicted molar refractivity (Wildman–Crippen MR) is 94.1 cm³/mol. The van der Waals surface area contributed by atoms with Crippen molar-refractivity contribution >= 4 is 59.1 Å². The monoisotopic (exact) mass is 465 g/mol. The molecule has 0 aliphatic carbocycles. The van der Waals surface area contributed by atoms with Gasteiger partial charge in [-0.05, 0) is 64.8 Å². The van der Waals surface area contributed by atoms with E-state index in [2.05, 4.69) is 91.2 Å². The predicted octanol–water partition coefficient (Wildman–Crippen LogP) is 6.04. The van der Waals surface area contributed by atoms with Gasteiger partial charge in [0.1, 0.15) is 0 Å². The molecule has 1 unspecified atom stereocenters. The Bertz CT molecular complexity index is 580. The summed E-state index contributed by atoms with van der Waals surface area (Å²) in [7, 11) is 0. The lowest BCUT2D eigenvalue weighted by atomic mass is 10.0. The normalized spacial score (nSPS) is 12.7. The summed E-state index contributed by atoms with van der Waals surface area (Å²) < 4.78 is 3.45. The van der Waals surface area contributed by atoms with Gasteiger partial charge in [-0.3, -0.25) is 0 Å². The van der Waals surface area contributed by atoms with Gasteiger partial charge in [-0.2, -0.15) is 0 Å². The van der Waals surface area contributed by atoms with Crippen LogP contribution in [0.1, 0.15) is 29.0 Å². The number of benzene rings is 1. The third-order valence-corrected chi connectivity index (χ3v) is 6.11. The number of hydrogen-bond donors (Lipinski definition) is 1. The van der Waals surface area contributed by atoms with Crippen LogP contribution in [0.3, 0.4) is 0 Å². The summed E-state index contributed by atoms with van der Waals surface area (Å²) in [5.74, 6) is 0. The minimum atomic E-state index is 0.215. The highest BCUT2D eigenvalue weighted by atomic mass is 79.9. The molecule has 1 atom stereocenters. The summed E-state index contributed by atoms with van der Waals surface area (Å²) in [5.41, 5.74) is 2.49. The molecular formula is C14H14Br3NS. The summed E-state index contributed by atoms with van der Waals surface area (Å²) in [4.78, 5) is 1.31. The second kappa shape index (κ2) is 6.85. The first-order chi connectivity index (χ1) is 9.02. The summed E-state index contributed by atoms with van der Waals surface area (Å²) in [6, 6.07) is 8.84. The zero-order chi connectivity index (χ0) is 14.0. The highest BCUT2D eigenvalue weighted by molar-refractivity contribution is 9.11. The molecule has 1 N–H and O–H groups in total. The van der Waals surface area contributed by atoms with Gasteiger partial charge in [0.25, 0.3) is 0 Å². The molecule has 19 heavy (non-hydrogen) atoms. The van der Waals surface area contributed by atoms with Crippen molar-refractivity contribution in [3.8, 4) is 0 Å². The third-order valence-electron chi connectivity index (χ3n) is 2.88. The van der Waals surface area contributed by atoms with Crippen LogP contribution in [0.25, 0.3) is 0 Å². The Hall–Kier alpha value is 0.320. The minimum absolute atomic E-state index is 0.215. The summed E-state index contributed by atoms with van der Waals surface area (Å²) in [6.07, 6.45) is 0. The van der Waals surface area contributed by atoms with Crippen molar-refractivity contribution in [2.75, 3.05) is 6.54 Å². The molecule has 0 spiro atoms. The maximum absolute atomic E-state index is 3.69. The molecule has 1 nitrogen and oxygen atoms in total. The molecule has 0 amide bonds. The Morgan fingerprint density at radius 1 is 1.16 bits per heavy atom. The first-order valence-electron chi connectivity index (χ1n) is 5.97. The molecule has 0 saturated heterocycles. The lowest BCUT2D eigenvalue weighted by Crippen LogP contribution is -2.21. The van der Waals surface area contributed by atoms with E-state index in [0.29, 0.717) is 0 Å². The molecular weight excluding hydrogens is 454 g/mol. The summed E-state index contributed by atoms with van der Waals surface area (Å²) >= 11 is 12.6. The first-order valence-corrected chi connectivity index (χ1v) is 9.16. The van der Waals surface area contributed by atoms with Crippen LogP contribution >= 0.6 is 59.1 Å². The van der Waals surface area contributed by atoms with Crippen LogP contribution in [0.15, 0.2) is 37.0 Å². The van der Waals surface area contributed by atoms with Gasteiger partial charge in [0.15, 0.2) is 0 Å². The summed E-state index contributed by atoms with van der Waals surface area (Å²) in [6.45, 7) is 5.16. The van der Waals surface area contributed by atoms with Crippen LogP contribution in [0.2, 0.25) is 0 Å². The van der Waals surface area contributed by atoms with Gasteiger partial charge in [-0.25, -0.2) is 0 Å². The van der Waals surface area contributed by atoms with E-state index in [1.54, 1.807) is 11.3 Å². The average Bonchev–Trinajstić information content (AvgIpc) is 2.78. The standard InChI is InChI=1S/C14H14Br3NS/c1-3-18-14(12-4-5-13(17)19-12)9-7-10(15)8(2)6-11(9)16/h4-7,14,18H,3H2,1-2H3.